The number of hydrogen-bond donors (Lipinski definition) is 2. The van der Waals surface area contributed by atoms with Gasteiger partial charge in [0.2, 0.25) is 5.82 Å². The van der Waals surface area contributed by atoms with E-state index in [9.17, 15) is 18.0 Å². The highest BCUT2D eigenvalue weighted by Gasteiger charge is 2.26. The number of likely N-dealkylation sites (N-methyl/N-ethyl adjacent to an activating group) is 1. The lowest BCUT2D eigenvalue weighted by Crippen LogP contribution is -2.44. The average molecular weight is 302 g/mol. The maximum atomic E-state index is 13.7. The molecule has 1 aliphatic rings. The number of hydrogen-bond acceptors (Lipinski definition) is 3. The van der Waals surface area contributed by atoms with Crippen LogP contribution in [0.15, 0.2) is 6.07 Å². The quantitative estimate of drug-likeness (QED) is 0.840. The van der Waals surface area contributed by atoms with E-state index in [-0.39, 0.29) is 6.04 Å². The highest BCUT2D eigenvalue weighted by Crippen LogP contribution is 2.26. The summed E-state index contributed by atoms with van der Waals surface area (Å²) in [6, 6.07) is 0.562. The van der Waals surface area contributed by atoms with Crippen LogP contribution in [0, 0.1) is 17.5 Å². The smallest absolute Gasteiger partial charge is 0.256 e. The molecule has 0 bridgehead atoms. The summed E-state index contributed by atoms with van der Waals surface area (Å²) >= 11 is 0. The second kappa shape index (κ2) is 6.34. The molecule has 4 nitrogen and oxygen atoms in total. The van der Waals surface area contributed by atoms with Gasteiger partial charge in [0.15, 0.2) is 17.4 Å². The number of rotatable bonds is 3. The van der Waals surface area contributed by atoms with Gasteiger partial charge in [0.25, 0.3) is 5.91 Å². The van der Waals surface area contributed by atoms with Gasteiger partial charge in [0, 0.05) is 19.6 Å². The van der Waals surface area contributed by atoms with Crippen LogP contribution in [0.4, 0.5) is 13.2 Å². The first-order valence-electron chi connectivity index (χ1n) is 6.77. The lowest BCUT2D eigenvalue weighted by molar-refractivity contribution is 0.0769. The molecule has 1 atom stereocenters. The minimum absolute atomic E-state index is 0.0923. The molecule has 1 amide bonds. The van der Waals surface area contributed by atoms with Gasteiger partial charge in [0.1, 0.15) is 0 Å². The van der Waals surface area contributed by atoms with Crippen molar-refractivity contribution in [2.75, 3.05) is 20.1 Å². The van der Waals surface area contributed by atoms with E-state index in [0.717, 1.165) is 25.8 Å². The predicted molar refractivity (Wildman–Crippen MR) is 70.6 cm³/mol. The summed E-state index contributed by atoms with van der Waals surface area (Å²) in [5, 5.41) is 12.4. The van der Waals surface area contributed by atoms with Crippen molar-refractivity contribution in [3.8, 4) is 5.75 Å². The van der Waals surface area contributed by atoms with Gasteiger partial charge in [-0.15, -0.1) is 0 Å². The summed E-state index contributed by atoms with van der Waals surface area (Å²) in [6.07, 6.45) is 3.00. The molecule has 21 heavy (non-hydrogen) atoms. The maximum absolute atomic E-state index is 13.7. The highest BCUT2D eigenvalue weighted by atomic mass is 19.2. The molecule has 1 heterocycles. The molecule has 0 radical (unpaired) electrons. The molecule has 0 saturated carbocycles. The monoisotopic (exact) mass is 302 g/mol. The van der Waals surface area contributed by atoms with Gasteiger partial charge in [-0.2, -0.15) is 4.39 Å². The number of carbonyl (C=O) groups is 1. The molecule has 0 aromatic heterocycles. The minimum Gasteiger partial charge on any atom is -0.503 e. The molecular weight excluding hydrogens is 285 g/mol. The van der Waals surface area contributed by atoms with Gasteiger partial charge < -0.3 is 15.3 Å². The van der Waals surface area contributed by atoms with E-state index in [1.807, 2.05) is 0 Å². The molecule has 1 aromatic rings. The number of benzene rings is 1. The van der Waals surface area contributed by atoms with Crippen molar-refractivity contribution < 1.29 is 23.1 Å². The Bertz CT molecular complexity index is 546. The Hall–Kier alpha value is -1.76. The fraction of sp³-hybridized carbons (Fsp3) is 0.500. The number of nitrogens with one attached hydrogen (secondary N) is 1. The second-order valence-electron chi connectivity index (χ2n) is 5.22. The molecule has 2 N–H and O–H groups in total. The summed E-state index contributed by atoms with van der Waals surface area (Å²) in [6.45, 7) is 1.19. The Kier molecular flexibility index (Phi) is 4.72. The van der Waals surface area contributed by atoms with Crippen LogP contribution < -0.4 is 5.32 Å². The molecule has 1 saturated heterocycles. The van der Waals surface area contributed by atoms with Crippen molar-refractivity contribution in [3.63, 3.8) is 0 Å². The first-order valence-corrected chi connectivity index (χ1v) is 6.77. The van der Waals surface area contributed by atoms with Gasteiger partial charge in [0.05, 0.1) is 5.56 Å². The minimum atomic E-state index is -1.69. The Labute approximate surface area is 120 Å². The number of phenolic OH excluding ortho intramolecular Hbond substituents is 1. The maximum Gasteiger partial charge on any atom is 0.256 e. The molecule has 7 heteroatoms. The fourth-order valence-corrected chi connectivity index (χ4v) is 2.45. The lowest BCUT2D eigenvalue weighted by atomic mass is 10.0. The van der Waals surface area contributed by atoms with Gasteiger partial charge in [-0.3, -0.25) is 4.79 Å². The van der Waals surface area contributed by atoms with Crippen LogP contribution in [0.1, 0.15) is 29.6 Å². The van der Waals surface area contributed by atoms with Gasteiger partial charge >= 0.3 is 0 Å². The molecule has 0 spiro atoms. The Morgan fingerprint density at radius 2 is 2.10 bits per heavy atom. The normalized spacial score (nSPS) is 18.6. The van der Waals surface area contributed by atoms with Crippen LogP contribution in [-0.2, 0) is 0 Å². The number of piperidine rings is 1. The lowest BCUT2D eigenvalue weighted by Gasteiger charge is -2.28. The average Bonchev–Trinajstić information content (AvgIpc) is 2.49. The first kappa shape index (κ1) is 15.6. The number of nitrogens with zero attached hydrogens (tertiary/aromatic N) is 1. The standard InChI is InChI=1S/C14H17F3N2O2/c1-19(7-8-4-2-3-5-18-8)14(21)9-6-10(15)12(17)13(20)11(9)16/h6,8,18,20H,2-5,7H2,1H3. The predicted octanol–water partition coefficient (Wildman–Crippen LogP) is 2.02. The van der Waals surface area contributed by atoms with E-state index in [0.29, 0.717) is 12.6 Å². The van der Waals surface area contributed by atoms with Crippen molar-refractivity contribution in [1.29, 1.82) is 0 Å². The third-order valence-electron chi connectivity index (χ3n) is 3.62. The Morgan fingerprint density at radius 3 is 2.71 bits per heavy atom. The molecule has 1 aromatic carbocycles. The zero-order valence-corrected chi connectivity index (χ0v) is 11.6. The van der Waals surface area contributed by atoms with Crippen LogP contribution in [0.5, 0.6) is 5.75 Å². The molecule has 1 unspecified atom stereocenters. The SMILES string of the molecule is CN(CC1CCCCN1)C(=O)c1cc(F)c(F)c(O)c1F. The number of phenols is 1. The van der Waals surface area contributed by atoms with Gasteiger partial charge in [-0.1, -0.05) is 6.42 Å². The highest BCUT2D eigenvalue weighted by molar-refractivity contribution is 5.94. The summed E-state index contributed by atoms with van der Waals surface area (Å²) in [5.74, 6) is -6.86. The van der Waals surface area contributed by atoms with E-state index in [1.54, 1.807) is 0 Å². The van der Waals surface area contributed by atoms with E-state index in [2.05, 4.69) is 5.32 Å². The first-order chi connectivity index (χ1) is 9.91. The van der Waals surface area contributed by atoms with Crippen LogP contribution in [0.2, 0.25) is 0 Å². The zero-order chi connectivity index (χ0) is 15.6. The summed E-state index contributed by atoms with van der Waals surface area (Å²) in [7, 11) is 1.45. The molecule has 0 aliphatic carbocycles. The van der Waals surface area contributed by atoms with Crippen molar-refractivity contribution in [2.24, 2.45) is 0 Å². The topological polar surface area (TPSA) is 52.6 Å². The number of carbonyl (C=O) groups excluding carboxylic acids is 1. The Morgan fingerprint density at radius 1 is 1.38 bits per heavy atom. The van der Waals surface area contributed by atoms with Gasteiger partial charge in [-0.25, -0.2) is 8.78 Å². The fourth-order valence-electron chi connectivity index (χ4n) is 2.45. The third kappa shape index (κ3) is 3.29. The summed E-state index contributed by atoms with van der Waals surface area (Å²) in [5.41, 5.74) is -0.676. The van der Waals surface area contributed by atoms with Crippen LogP contribution in [0.3, 0.4) is 0 Å². The van der Waals surface area contributed by atoms with Crippen molar-refractivity contribution >= 4 is 5.91 Å². The molecule has 1 fully saturated rings. The van der Waals surface area contributed by atoms with E-state index < -0.39 is 34.7 Å². The summed E-state index contributed by atoms with van der Waals surface area (Å²) < 4.78 is 39.9. The van der Waals surface area contributed by atoms with Crippen LogP contribution >= 0.6 is 0 Å². The molecule has 2 rings (SSSR count). The number of amides is 1. The number of halogens is 3. The largest absolute Gasteiger partial charge is 0.503 e. The molecular formula is C14H17F3N2O2. The van der Waals surface area contributed by atoms with Crippen LogP contribution in [-0.4, -0.2) is 42.1 Å². The van der Waals surface area contributed by atoms with Crippen molar-refractivity contribution in [1.82, 2.24) is 10.2 Å². The Balaban J connectivity index is 2.15. The summed E-state index contributed by atoms with van der Waals surface area (Å²) in [4.78, 5) is 13.3. The molecule has 116 valence electrons. The second-order valence-corrected chi connectivity index (χ2v) is 5.22. The van der Waals surface area contributed by atoms with Gasteiger partial charge in [-0.05, 0) is 25.5 Å². The zero-order valence-electron chi connectivity index (χ0n) is 11.6. The van der Waals surface area contributed by atoms with Crippen molar-refractivity contribution in [3.05, 3.63) is 29.1 Å². The molecule has 1 aliphatic heterocycles. The third-order valence-corrected chi connectivity index (χ3v) is 3.62. The van der Waals surface area contributed by atoms with Crippen LogP contribution in [0.25, 0.3) is 0 Å². The van der Waals surface area contributed by atoms with E-state index in [4.69, 9.17) is 5.11 Å². The van der Waals surface area contributed by atoms with Crippen molar-refractivity contribution in [2.45, 2.75) is 25.3 Å². The van der Waals surface area contributed by atoms with E-state index >= 15 is 0 Å². The number of aromatic hydroxyl groups is 1. The van der Waals surface area contributed by atoms with E-state index in [1.165, 1.54) is 11.9 Å².